The summed E-state index contributed by atoms with van der Waals surface area (Å²) >= 11 is 0. The SMILES string of the molecule is COc1ccc(CN2CCN(C(c3ccccc3OC)C(O)c3ccccc3)CC2)cc1.Cl. The molecule has 0 aromatic heterocycles. The van der Waals surface area contributed by atoms with Gasteiger partial charge in [0.1, 0.15) is 11.5 Å². The topological polar surface area (TPSA) is 45.2 Å². The van der Waals surface area contributed by atoms with E-state index in [2.05, 4.69) is 28.0 Å². The van der Waals surface area contributed by atoms with Gasteiger partial charge in [-0.15, -0.1) is 12.4 Å². The second-order valence-electron chi connectivity index (χ2n) is 8.20. The Kier molecular flexibility index (Phi) is 9.15. The summed E-state index contributed by atoms with van der Waals surface area (Å²) in [5.41, 5.74) is 3.23. The minimum atomic E-state index is -0.638. The monoisotopic (exact) mass is 468 g/mol. The minimum absolute atomic E-state index is 0. The second kappa shape index (κ2) is 12.1. The molecule has 1 heterocycles. The van der Waals surface area contributed by atoms with Gasteiger partial charge in [-0.1, -0.05) is 60.7 Å². The zero-order chi connectivity index (χ0) is 22.3. The van der Waals surface area contributed by atoms with Crippen molar-refractivity contribution in [3.8, 4) is 11.5 Å². The van der Waals surface area contributed by atoms with Gasteiger partial charge in [-0.05, 0) is 29.3 Å². The van der Waals surface area contributed by atoms with E-state index < -0.39 is 6.10 Å². The number of ether oxygens (including phenoxy) is 2. The Hall–Kier alpha value is -2.57. The van der Waals surface area contributed by atoms with Gasteiger partial charge in [0.25, 0.3) is 0 Å². The fourth-order valence-electron chi connectivity index (χ4n) is 4.50. The molecule has 0 aliphatic carbocycles. The molecule has 2 unspecified atom stereocenters. The molecule has 0 amide bonds. The van der Waals surface area contributed by atoms with Crippen molar-refractivity contribution in [1.82, 2.24) is 9.80 Å². The molecule has 6 heteroatoms. The largest absolute Gasteiger partial charge is 0.497 e. The number of aliphatic hydroxyl groups is 1. The molecular weight excluding hydrogens is 436 g/mol. The molecule has 1 fully saturated rings. The maximum Gasteiger partial charge on any atom is 0.123 e. The summed E-state index contributed by atoms with van der Waals surface area (Å²) < 4.78 is 10.9. The van der Waals surface area contributed by atoms with Gasteiger partial charge >= 0.3 is 0 Å². The molecule has 1 saturated heterocycles. The first-order chi connectivity index (χ1) is 15.7. The van der Waals surface area contributed by atoms with E-state index in [-0.39, 0.29) is 18.4 Å². The van der Waals surface area contributed by atoms with E-state index in [9.17, 15) is 5.11 Å². The van der Waals surface area contributed by atoms with E-state index in [0.29, 0.717) is 0 Å². The molecule has 0 spiro atoms. The maximum absolute atomic E-state index is 11.4. The van der Waals surface area contributed by atoms with E-state index in [1.165, 1.54) is 5.56 Å². The van der Waals surface area contributed by atoms with Crippen LogP contribution in [0.2, 0.25) is 0 Å². The highest BCUT2D eigenvalue weighted by molar-refractivity contribution is 5.85. The molecule has 0 radical (unpaired) electrons. The van der Waals surface area contributed by atoms with Crippen LogP contribution in [0.1, 0.15) is 28.8 Å². The van der Waals surface area contributed by atoms with Crippen molar-refractivity contribution >= 4 is 12.4 Å². The Morgan fingerprint density at radius 3 is 2.06 bits per heavy atom. The van der Waals surface area contributed by atoms with Crippen LogP contribution in [-0.2, 0) is 6.54 Å². The van der Waals surface area contributed by atoms with Crippen molar-refractivity contribution < 1.29 is 14.6 Å². The quantitative estimate of drug-likeness (QED) is 0.518. The molecule has 1 aliphatic heterocycles. The van der Waals surface area contributed by atoms with Gasteiger partial charge in [0.15, 0.2) is 0 Å². The Morgan fingerprint density at radius 1 is 0.788 bits per heavy atom. The van der Waals surface area contributed by atoms with Crippen LogP contribution in [0.3, 0.4) is 0 Å². The number of halogens is 1. The third kappa shape index (κ3) is 6.06. The lowest BCUT2D eigenvalue weighted by molar-refractivity contribution is 0.0138. The Balaban J connectivity index is 0.00000306. The van der Waals surface area contributed by atoms with Gasteiger partial charge in [0.2, 0.25) is 0 Å². The number of para-hydroxylation sites is 1. The van der Waals surface area contributed by atoms with Crippen LogP contribution in [0.15, 0.2) is 78.9 Å². The predicted octanol–water partition coefficient (Wildman–Crippen LogP) is 4.72. The number of aliphatic hydroxyl groups excluding tert-OH is 1. The lowest BCUT2D eigenvalue weighted by atomic mass is 9.93. The Morgan fingerprint density at radius 2 is 1.42 bits per heavy atom. The zero-order valence-corrected chi connectivity index (χ0v) is 20.1. The summed E-state index contributed by atoms with van der Waals surface area (Å²) in [6, 6.07) is 26.1. The van der Waals surface area contributed by atoms with Gasteiger partial charge in [-0.25, -0.2) is 0 Å². The summed E-state index contributed by atoms with van der Waals surface area (Å²) in [7, 11) is 3.38. The number of benzene rings is 3. The van der Waals surface area contributed by atoms with Crippen LogP contribution in [0.4, 0.5) is 0 Å². The zero-order valence-electron chi connectivity index (χ0n) is 19.3. The average molecular weight is 469 g/mol. The van der Waals surface area contributed by atoms with E-state index in [0.717, 1.165) is 55.3 Å². The molecule has 3 aromatic rings. The highest BCUT2D eigenvalue weighted by atomic mass is 35.5. The highest BCUT2D eigenvalue weighted by Crippen LogP contribution is 2.39. The standard InChI is InChI=1S/C27H32N2O3.ClH/c1-31-23-14-12-21(13-15-23)20-28-16-18-29(19-17-28)26(24-10-6-7-11-25(24)32-2)27(30)22-8-4-3-5-9-22;/h3-15,26-27,30H,16-20H2,1-2H3;1H. The lowest BCUT2D eigenvalue weighted by Crippen LogP contribution is -2.48. The van der Waals surface area contributed by atoms with Crippen molar-refractivity contribution in [3.05, 3.63) is 95.6 Å². The predicted molar refractivity (Wildman–Crippen MR) is 134 cm³/mol. The molecule has 3 aromatic carbocycles. The van der Waals surface area contributed by atoms with Crippen LogP contribution in [-0.4, -0.2) is 55.3 Å². The fourth-order valence-corrected chi connectivity index (χ4v) is 4.50. The number of hydrogen-bond donors (Lipinski definition) is 1. The first-order valence-electron chi connectivity index (χ1n) is 11.1. The van der Waals surface area contributed by atoms with Gasteiger partial charge in [0.05, 0.1) is 26.4 Å². The van der Waals surface area contributed by atoms with Gasteiger partial charge < -0.3 is 14.6 Å². The third-order valence-corrected chi connectivity index (χ3v) is 6.26. The first kappa shape index (κ1) is 25.1. The number of hydrogen-bond acceptors (Lipinski definition) is 5. The lowest BCUT2D eigenvalue weighted by Gasteiger charge is -2.41. The molecule has 33 heavy (non-hydrogen) atoms. The van der Waals surface area contributed by atoms with E-state index in [1.54, 1.807) is 14.2 Å². The highest BCUT2D eigenvalue weighted by Gasteiger charge is 2.33. The van der Waals surface area contributed by atoms with Crippen molar-refractivity contribution in [3.63, 3.8) is 0 Å². The van der Waals surface area contributed by atoms with Gasteiger partial charge in [-0.2, -0.15) is 0 Å². The molecule has 176 valence electrons. The molecular formula is C27H33ClN2O3. The van der Waals surface area contributed by atoms with Crippen LogP contribution >= 0.6 is 12.4 Å². The third-order valence-electron chi connectivity index (χ3n) is 6.26. The van der Waals surface area contributed by atoms with Crippen molar-refractivity contribution in [2.45, 2.75) is 18.7 Å². The number of methoxy groups -OCH3 is 2. The summed E-state index contributed by atoms with van der Waals surface area (Å²) in [6.45, 7) is 4.56. The van der Waals surface area contributed by atoms with E-state index >= 15 is 0 Å². The normalized spacial score (nSPS) is 16.5. The summed E-state index contributed by atoms with van der Waals surface area (Å²) in [6.07, 6.45) is -0.638. The van der Waals surface area contributed by atoms with Crippen LogP contribution in [0.5, 0.6) is 11.5 Å². The van der Waals surface area contributed by atoms with E-state index in [4.69, 9.17) is 9.47 Å². The van der Waals surface area contributed by atoms with Gasteiger partial charge in [-0.3, -0.25) is 9.80 Å². The number of piperazine rings is 1. The van der Waals surface area contributed by atoms with Crippen molar-refractivity contribution in [2.75, 3.05) is 40.4 Å². The molecule has 5 nitrogen and oxygen atoms in total. The maximum atomic E-state index is 11.4. The molecule has 2 atom stereocenters. The smallest absolute Gasteiger partial charge is 0.123 e. The average Bonchev–Trinajstić information content (AvgIpc) is 2.86. The molecule has 1 N–H and O–H groups in total. The summed E-state index contributed by atoms with van der Waals surface area (Å²) in [4.78, 5) is 4.85. The fraction of sp³-hybridized carbons (Fsp3) is 0.333. The number of nitrogens with zero attached hydrogens (tertiary/aromatic N) is 2. The Bertz CT molecular complexity index is 976. The minimum Gasteiger partial charge on any atom is -0.497 e. The van der Waals surface area contributed by atoms with Crippen molar-refractivity contribution in [2.24, 2.45) is 0 Å². The molecule has 0 bridgehead atoms. The van der Waals surface area contributed by atoms with Crippen LogP contribution < -0.4 is 9.47 Å². The molecule has 1 aliphatic rings. The van der Waals surface area contributed by atoms with Crippen LogP contribution in [0, 0.1) is 0 Å². The number of rotatable bonds is 8. The second-order valence-corrected chi connectivity index (χ2v) is 8.20. The first-order valence-corrected chi connectivity index (χ1v) is 11.1. The van der Waals surface area contributed by atoms with Crippen molar-refractivity contribution in [1.29, 1.82) is 0 Å². The summed E-state index contributed by atoms with van der Waals surface area (Å²) in [5, 5.41) is 11.4. The summed E-state index contributed by atoms with van der Waals surface area (Å²) in [5.74, 6) is 1.70. The van der Waals surface area contributed by atoms with Crippen LogP contribution in [0.25, 0.3) is 0 Å². The molecule has 0 saturated carbocycles. The Labute approximate surface area is 203 Å². The molecule has 4 rings (SSSR count). The van der Waals surface area contributed by atoms with E-state index in [1.807, 2.05) is 60.7 Å². The van der Waals surface area contributed by atoms with Gasteiger partial charge in [0, 0.05) is 38.3 Å².